The summed E-state index contributed by atoms with van der Waals surface area (Å²) in [7, 11) is 0.877. The second-order valence-electron chi connectivity index (χ2n) is 10.9. The highest BCUT2D eigenvalue weighted by molar-refractivity contribution is 7.95. The summed E-state index contributed by atoms with van der Waals surface area (Å²) in [5, 5.41) is 4.37. The molecule has 0 heterocycles. The van der Waals surface area contributed by atoms with Gasteiger partial charge in [-0.1, -0.05) is 86.7 Å². The number of ether oxygens (including phenoxy) is 3. The Hall–Kier alpha value is -3.95. The quantitative estimate of drug-likeness (QED) is 0.0694. The van der Waals surface area contributed by atoms with Crippen LogP contribution in [0.1, 0.15) is 72.1 Å². The predicted octanol–water partition coefficient (Wildman–Crippen LogP) is 7.75. The number of esters is 2. The van der Waals surface area contributed by atoms with E-state index in [9.17, 15) is 9.59 Å². The number of methoxy groups -OCH3 is 2. The summed E-state index contributed by atoms with van der Waals surface area (Å²) in [5.41, 5.74) is 0.530. The van der Waals surface area contributed by atoms with E-state index in [2.05, 4.69) is 91.0 Å². The zero-order valence-corrected chi connectivity index (χ0v) is 26.8. The first-order valence-electron chi connectivity index (χ1n) is 15.6. The van der Waals surface area contributed by atoms with Crippen molar-refractivity contribution in [3.8, 4) is 5.75 Å². The monoisotopic (exact) mass is 611 g/mol. The van der Waals surface area contributed by atoms with Gasteiger partial charge in [0.1, 0.15) is 28.9 Å². The minimum Gasteiger partial charge on any atom is -0.494 e. The maximum atomic E-state index is 12.0. The number of hydrogen-bond acceptors (Lipinski definition) is 5. The lowest BCUT2D eigenvalue weighted by Gasteiger charge is -2.27. The molecule has 4 aromatic rings. The first-order valence-corrected chi connectivity index (χ1v) is 17.6. The highest BCUT2D eigenvalue weighted by atomic mass is 31.2. The molecule has 44 heavy (non-hydrogen) atoms. The summed E-state index contributed by atoms with van der Waals surface area (Å²) in [6.07, 6.45) is 10.4. The van der Waals surface area contributed by atoms with Gasteiger partial charge >= 0.3 is 11.9 Å². The molecule has 0 saturated heterocycles. The van der Waals surface area contributed by atoms with Crippen LogP contribution in [0.3, 0.4) is 0 Å². The maximum absolute atomic E-state index is 12.0. The second kappa shape index (κ2) is 17.4. The minimum absolute atomic E-state index is 0.265. The normalized spacial score (nSPS) is 11.1. The third-order valence-corrected chi connectivity index (χ3v) is 12.5. The van der Waals surface area contributed by atoms with Crippen molar-refractivity contribution in [1.29, 1.82) is 0 Å². The molecule has 0 radical (unpaired) electrons. The molecule has 4 aromatic carbocycles. The molecule has 0 aliphatic rings. The van der Waals surface area contributed by atoms with E-state index in [0.29, 0.717) is 12.4 Å². The lowest BCUT2D eigenvalue weighted by Crippen LogP contribution is -2.33. The molecule has 0 fully saturated rings. The van der Waals surface area contributed by atoms with Gasteiger partial charge in [0.25, 0.3) is 0 Å². The van der Waals surface area contributed by atoms with Crippen LogP contribution >= 0.6 is 7.26 Å². The summed E-state index contributed by atoms with van der Waals surface area (Å²) in [6.45, 7) is 0.523. The SMILES string of the molecule is COC(=O)c1cc(OCCCCCCCCCC[P+](c2ccccc2)(c2ccccc2)c2ccccc2)cc(C(=O)OC)c1. The molecule has 0 N–H and O–H groups in total. The van der Waals surface area contributed by atoms with Gasteiger partial charge in [-0.05, 0) is 73.9 Å². The molecule has 0 spiro atoms. The van der Waals surface area contributed by atoms with Crippen molar-refractivity contribution in [2.75, 3.05) is 27.0 Å². The van der Waals surface area contributed by atoms with Crippen LogP contribution in [-0.2, 0) is 9.47 Å². The van der Waals surface area contributed by atoms with Crippen molar-refractivity contribution in [3.63, 3.8) is 0 Å². The predicted molar refractivity (Wildman–Crippen MR) is 182 cm³/mol. The van der Waals surface area contributed by atoms with Crippen LogP contribution in [0, 0.1) is 0 Å². The maximum Gasteiger partial charge on any atom is 0.338 e. The number of rotatable bonds is 17. The number of benzene rings is 4. The van der Waals surface area contributed by atoms with E-state index >= 15 is 0 Å². The topological polar surface area (TPSA) is 61.8 Å². The van der Waals surface area contributed by atoms with Gasteiger partial charge in [0.2, 0.25) is 0 Å². The summed E-state index contributed by atoms with van der Waals surface area (Å²) >= 11 is 0. The molecular weight excluding hydrogens is 567 g/mol. The average Bonchev–Trinajstić information content (AvgIpc) is 3.09. The van der Waals surface area contributed by atoms with Crippen LogP contribution in [0.25, 0.3) is 0 Å². The van der Waals surface area contributed by atoms with Crippen molar-refractivity contribution in [1.82, 2.24) is 0 Å². The Morgan fingerprint density at radius 1 is 0.523 bits per heavy atom. The van der Waals surface area contributed by atoms with Crippen molar-refractivity contribution in [2.24, 2.45) is 0 Å². The van der Waals surface area contributed by atoms with Crippen LogP contribution < -0.4 is 20.7 Å². The summed E-state index contributed by atoms with van der Waals surface area (Å²) in [4.78, 5) is 24.0. The smallest absolute Gasteiger partial charge is 0.338 e. The number of hydrogen-bond donors (Lipinski definition) is 0. The number of unbranched alkanes of at least 4 members (excludes halogenated alkanes) is 7. The van der Waals surface area contributed by atoms with E-state index in [0.717, 1.165) is 19.3 Å². The molecule has 4 rings (SSSR count). The fraction of sp³-hybridized carbons (Fsp3) is 0.316. The fourth-order valence-electron chi connectivity index (χ4n) is 5.74. The highest BCUT2D eigenvalue weighted by Gasteiger charge is 2.44. The van der Waals surface area contributed by atoms with Gasteiger partial charge in [0.15, 0.2) is 0 Å². The third-order valence-electron chi connectivity index (χ3n) is 8.00. The number of carbonyl (C=O) groups excluding carboxylic acids is 2. The molecule has 0 amide bonds. The van der Waals surface area contributed by atoms with E-state index in [-0.39, 0.29) is 11.1 Å². The Morgan fingerprint density at radius 3 is 1.32 bits per heavy atom. The second-order valence-corrected chi connectivity index (χ2v) is 14.6. The lowest BCUT2D eigenvalue weighted by atomic mass is 10.1. The Labute approximate surface area is 262 Å². The average molecular weight is 612 g/mol. The van der Waals surface area contributed by atoms with E-state index in [1.807, 2.05) is 0 Å². The zero-order chi connectivity index (χ0) is 31.0. The van der Waals surface area contributed by atoms with Crippen molar-refractivity contribution >= 4 is 35.1 Å². The zero-order valence-electron chi connectivity index (χ0n) is 26.0. The Bertz CT molecular complexity index is 1310. The van der Waals surface area contributed by atoms with Crippen molar-refractivity contribution in [2.45, 2.75) is 51.4 Å². The third kappa shape index (κ3) is 8.80. The summed E-state index contributed by atoms with van der Waals surface area (Å²) in [6, 6.07) is 38.0. The van der Waals surface area contributed by atoms with Gasteiger partial charge in [-0.25, -0.2) is 9.59 Å². The van der Waals surface area contributed by atoms with E-state index in [1.54, 1.807) is 12.1 Å². The molecule has 230 valence electrons. The first-order chi connectivity index (χ1) is 21.6. The van der Waals surface area contributed by atoms with Crippen LogP contribution in [0.5, 0.6) is 5.75 Å². The van der Waals surface area contributed by atoms with Gasteiger partial charge < -0.3 is 14.2 Å². The van der Waals surface area contributed by atoms with Gasteiger partial charge in [0.05, 0.1) is 38.1 Å². The van der Waals surface area contributed by atoms with Crippen LogP contribution in [0.4, 0.5) is 0 Å². The molecule has 0 saturated carbocycles. The highest BCUT2D eigenvalue weighted by Crippen LogP contribution is 2.56. The molecule has 0 atom stereocenters. The Kier molecular flexibility index (Phi) is 13.0. The number of carbonyl (C=O) groups is 2. The molecular formula is C38H44O5P+. The van der Waals surface area contributed by atoms with Crippen molar-refractivity contribution < 1.29 is 23.8 Å². The Morgan fingerprint density at radius 2 is 0.909 bits per heavy atom. The fourth-order valence-corrected chi connectivity index (χ4v) is 10.1. The molecule has 0 aliphatic heterocycles. The summed E-state index contributed by atoms with van der Waals surface area (Å²) in [5.74, 6) is -0.574. The molecule has 0 unspecified atom stereocenters. The molecule has 6 heteroatoms. The molecule has 0 aliphatic carbocycles. The van der Waals surface area contributed by atoms with Gasteiger partial charge in [-0.3, -0.25) is 0 Å². The lowest BCUT2D eigenvalue weighted by molar-refractivity contribution is 0.0598. The van der Waals surface area contributed by atoms with Gasteiger partial charge in [0, 0.05) is 0 Å². The minimum atomic E-state index is -1.74. The van der Waals surface area contributed by atoms with E-state index in [4.69, 9.17) is 14.2 Å². The van der Waals surface area contributed by atoms with Crippen molar-refractivity contribution in [3.05, 3.63) is 120 Å². The first kappa shape index (κ1) is 33.0. The van der Waals surface area contributed by atoms with Gasteiger partial charge in [-0.15, -0.1) is 0 Å². The van der Waals surface area contributed by atoms with Crippen LogP contribution in [0.15, 0.2) is 109 Å². The molecule has 0 aromatic heterocycles. The van der Waals surface area contributed by atoms with E-state index in [1.165, 1.54) is 74.5 Å². The molecule has 0 bridgehead atoms. The van der Waals surface area contributed by atoms with Gasteiger partial charge in [-0.2, -0.15) is 0 Å². The van der Waals surface area contributed by atoms with Crippen LogP contribution in [-0.4, -0.2) is 38.9 Å². The van der Waals surface area contributed by atoms with E-state index < -0.39 is 19.2 Å². The largest absolute Gasteiger partial charge is 0.494 e. The summed E-state index contributed by atoms with van der Waals surface area (Å²) < 4.78 is 15.5. The standard InChI is InChI=1S/C38H44O5P/c1-41-37(39)31-28-32(38(40)42-2)30-33(29-31)43-26-18-7-5-3-4-6-8-19-27-44(34-20-12-9-13-21-34,35-22-14-10-15-23-35)36-24-16-11-17-25-36/h9-17,20-25,28-30H,3-8,18-19,26-27H2,1-2H3/q+1. The Balaban J connectivity index is 1.23. The molecule has 5 nitrogen and oxygen atoms in total. The van der Waals surface area contributed by atoms with Crippen LogP contribution in [0.2, 0.25) is 0 Å².